The highest BCUT2D eigenvalue weighted by atomic mass is 16.6. The van der Waals surface area contributed by atoms with Crippen LogP contribution in [0.5, 0.6) is 0 Å². The molecular weight excluding hydrogens is 823 g/mol. The first-order valence-corrected chi connectivity index (χ1v) is 27.2. The summed E-state index contributed by atoms with van der Waals surface area (Å²) in [6.45, 7) is 15.4. The van der Waals surface area contributed by atoms with Crippen LogP contribution in [0.2, 0.25) is 0 Å². The third-order valence-corrected chi connectivity index (χ3v) is 12.3. The van der Waals surface area contributed by atoms with Gasteiger partial charge in [-0.3, -0.25) is 24.0 Å². The molecule has 0 rings (SSSR count). The van der Waals surface area contributed by atoms with E-state index in [1.807, 2.05) is 0 Å². The Morgan fingerprint density at radius 3 is 1.03 bits per heavy atom. The van der Waals surface area contributed by atoms with Gasteiger partial charge in [-0.25, -0.2) is 0 Å². The minimum absolute atomic E-state index is 0.0140. The van der Waals surface area contributed by atoms with Crippen LogP contribution in [0.4, 0.5) is 0 Å². The molecule has 0 fully saturated rings. The third-order valence-electron chi connectivity index (χ3n) is 12.3. The molecule has 0 aliphatic carbocycles. The molecule has 0 radical (unpaired) electrons. The number of carbonyl (C=O) groups is 5. The Morgan fingerprint density at radius 1 is 0.338 bits per heavy atom. The highest BCUT2D eigenvalue weighted by molar-refractivity contribution is 5.77. The molecule has 0 spiro atoms. The van der Waals surface area contributed by atoms with Crippen LogP contribution in [0, 0.1) is 5.92 Å². The van der Waals surface area contributed by atoms with E-state index in [0.717, 1.165) is 103 Å². The van der Waals surface area contributed by atoms with Gasteiger partial charge in [0.05, 0.1) is 18.8 Å². The molecule has 0 heterocycles. The van der Waals surface area contributed by atoms with Crippen LogP contribution in [0.15, 0.2) is 0 Å². The van der Waals surface area contributed by atoms with E-state index in [1.165, 1.54) is 89.9 Å². The molecule has 0 aromatic carbocycles. The van der Waals surface area contributed by atoms with E-state index >= 15 is 0 Å². The maximum Gasteiger partial charge on any atom is 0.306 e. The Hall–Kier alpha value is -2.69. The van der Waals surface area contributed by atoms with Gasteiger partial charge in [-0.05, 0) is 90.3 Å². The van der Waals surface area contributed by atoms with Crippen molar-refractivity contribution in [1.29, 1.82) is 0 Å². The molecule has 0 N–H and O–H groups in total. The van der Waals surface area contributed by atoms with Gasteiger partial charge in [-0.1, -0.05) is 157 Å². The largest absolute Gasteiger partial charge is 0.465 e. The number of esters is 5. The predicted molar refractivity (Wildman–Crippen MR) is 264 cm³/mol. The minimum atomic E-state index is -0.550. The summed E-state index contributed by atoms with van der Waals surface area (Å²) in [6.07, 6.45) is 31.3. The average Bonchev–Trinajstić information content (AvgIpc) is 3.30. The minimum Gasteiger partial charge on any atom is -0.465 e. The fourth-order valence-corrected chi connectivity index (χ4v) is 7.99. The van der Waals surface area contributed by atoms with Gasteiger partial charge in [0, 0.05) is 19.3 Å². The van der Waals surface area contributed by atoms with Crippen molar-refractivity contribution in [3.05, 3.63) is 0 Å². The lowest BCUT2D eigenvalue weighted by molar-refractivity contribution is -0.157. The van der Waals surface area contributed by atoms with E-state index in [2.05, 4.69) is 46.4 Å². The normalized spacial score (nSPS) is 11.9. The van der Waals surface area contributed by atoms with Crippen molar-refractivity contribution >= 4 is 29.8 Å². The number of unbranched alkanes of at least 4 members (excludes halogenated alkanes) is 19. The predicted octanol–water partition coefficient (Wildman–Crippen LogP) is 13.7. The number of hydrogen-bond donors (Lipinski definition) is 0. The number of hydrogen-bond acceptors (Lipinski definition) is 11. The van der Waals surface area contributed by atoms with Crippen molar-refractivity contribution in [1.82, 2.24) is 4.90 Å². The van der Waals surface area contributed by atoms with Crippen LogP contribution in [0.25, 0.3) is 0 Å². The number of rotatable bonds is 48. The van der Waals surface area contributed by atoms with Crippen LogP contribution in [-0.4, -0.2) is 86.4 Å². The van der Waals surface area contributed by atoms with Crippen LogP contribution < -0.4 is 0 Å². The van der Waals surface area contributed by atoms with Gasteiger partial charge in [-0.2, -0.15) is 0 Å². The quantitative estimate of drug-likeness (QED) is 0.0328. The monoisotopic (exact) mass is 924 g/mol. The highest BCUT2D eigenvalue weighted by Crippen LogP contribution is 2.20. The lowest BCUT2D eigenvalue weighted by atomic mass is 10.0. The Labute approximate surface area is 398 Å². The Bertz CT molecular complexity index is 1120. The first kappa shape index (κ1) is 62.3. The van der Waals surface area contributed by atoms with E-state index in [0.29, 0.717) is 19.3 Å². The van der Waals surface area contributed by atoms with Gasteiger partial charge in [0.2, 0.25) is 0 Å². The molecule has 0 aromatic heterocycles. The van der Waals surface area contributed by atoms with Gasteiger partial charge in [0.25, 0.3) is 0 Å². The molecule has 65 heavy (non-hydrogen) atoms. The van der Waals surface area contributed by atoms with Gasteiger partial charge in [-0.15, -0.1) is 0 Å². The summed E-state index contributed by atoms with van der Waals surface area (Å²) in [5.74, 6) is -2.33. The van der Waals surface area contributed by atoms with E-state index in [9.17, 15) is 24.0 Å². The van der Waals surface area contributed by atoms with Gasteiger partial charge < -0.3 is 28.6 Å². The third kappa shape index (κ3) is 41.2. The maximum atomic E-state index is 12.9. The van der Waals surface area contributed by atoms with Crippen LogP contribution in [0.3, 0.4) is 0 Å². The summed E-state index contributed by atoms with van der Waals surface area (Å²) in [7, 11) is 0. The number of ether oxygens (including phenoxy) is 5. The molecule has 11 heteroatoms. The molecule has 0 aliphatic rings. The van der Waals surface area contributed by atoms with E-state index < -0.39 is 11.9 Å². The second-order valence-electron chi connectivity index (χ2n) is 18.5. The van der Waals surface area contributed by atoms with Crippen molar-refractivity contribution in [3.8, 4) is 0 Å². The van der Waals surface area contributed by atoms with Crippen molar-refractivity contribution in [2.24, 2.45) is 5.92 Å². The molecule has 11 nitrogen and oxygen atoms in total. The number of carbonyl (C=O) groups excluding carboxylic acids is 5. The summed E-state index contributed by atoms with van der Waals surface area (Å²) >= 11 is 0. The van der Waals surface area contributed by atoms with E-state index in [-0.39, 0.29) is 81.6 Å². The lowest BCUT2D eigenvalue weighted by Crippen LogP contribution is -2.27. The number of nitrogens with zero attached hydrogens (tertiary/aromatic N) is 1. The topological polar surface area (TPSA) is 135 Å². The van der Waals surface area contributed by atoms with Gasteiger partial charge in [0.15, 0.2) is 0 Å². The van der Waals surface area contributed by atoms with Crippen molar-refractivity contribution in [3.63, 3.8) is 0 Å². The van der Waals surface area contributed by atoms with Crippen LogP contribution in [-0.2, 0) is 47.7 Å². The molecule has 0 bridgehead atoms. The molecule has 0 aromatic rings. The second-order valence-corrected chi connectivity index (χ2v) is 18.5. The van der Waals surface area contributed by atoms with Crippen molar-refractivity contribution in [2.45, 2.75) is 272 Å². The summed E-state index contributed by atoms with van der Waals surface area (Å²) in [5, 5.41) is 0. The van der Waals surface area contributed by atoms with Crippen LogP contribution >= 0.6 is 0 Å². The molecule has 1 atom stereocenters. The Balaban J connectivity index is 4.98. The Morgan fingerprint density at radius 2 is 0.631 bits per heavy atom. The summed E-state index contributed by atoms with van der Waals surface area (Å²) in [6, 6.07) is 0. The molecule has 382 valence electrons. The zero-order valence-electron chi connectivity index (χ0n) is 43.0. The molecular formula is C54H101NO10. The molecule has 0 saturated heterocycles. The zero-order chi connectivity index (χ0) is 48.0. The molecule has 0 saturated carbocycles. The fraction of sp³-hybridized carbons (Fsp3) is 0.907. The SMILES string of the molecule is CCCCCCCCC(CCCCCCCC)OC(=O)CCC(=O)OCC(COC(=O)CCCCCCC(=O)OC(CCCCCC)CCCCCC)COC(=O)CCCN(CC)CC. The highest BCUT2D eigenvalue weighted by Gasteiger charge is 2.21. The summed E-state index contributed by atoms with van der Waals surface area (Å²) in [4.78, 5) is 66.0. The van der Waals surface area contributed by atoms with Gasteiger partial charge >= 0.3 is 29.8 Å². The van der Waals surface area contributed by atoms with E-state index in [4.69, 9.17) is 23.7 Å². The first-order chi connectivity index (χ1) is 31.6. The smallest absolute Gasteiger partial charge is 0.306 e. The molecule has 0 aliphatic heterocycles. The van der Waals surface area contributed by atoms with Crippen molar-refractivity contribution in [2.75, 3.05) is 39.5 Å². The fourth-order valence-electron chi connectivity index (χ4n) is 7.99. The lowest BCUT2D eigenvalue weighted by Gasteiger charge is -2.19. The summed E-state index contributed by atoms with van der Waals surface area (Å²) in [5.41, 5.74) is 0. The van der Waals surface area contributed by atoms with Crippen LogP contribution in [0.1, 0.15) is 260 Å². The summed E-state index contributed by atoms with van der Waals surface area (Å²) < 4.78 is 28.5. The van der Waals surface area contributed by atoms with E-state index in [1.54, 1.807) is 0 Å². The average molecular weight is 924 g/mol. The Kier molecular flexibility index (Phi) is 44.5. The molecule has 1 unspecified atom stereocenters. The van der Waals surface area contributed by atoms with Gasteiger partial charge in [0.1, 0.15) is 32.0 Å². The standard InChI is InChI=1S/C54H101NO10/c1-7-13-17-21-23-29-36-49(37-30-24-22-18-14-8-2)65-54(60)42-41-52(58)63-46-47(45-62-51(57)40-33-43-55(11-5)12-6)44-61-50(56)38-31-25-26-32-39-53(59)64-48(34-27-19-15-9-3)35-28-20-16-10-4/h47-49H,7-46H2,1-6H3. The van der Waals surface area contributed by atoms with Crippen molar-refractivity contribution < 1.29 is 47.7 Å². The zero-order valence-corrected chi connectivity index (χ0v) is 43.0. The maximum absolute atomic E-state index is 12.9. The first-order valence-electron chi connectivity index (χ1n) is 27.2. The second kappa shape index (κ2) is 46.4. The molecule has 0 amide bonds.